The Morgan fingerprint density at radius 1 is 1.10 bits per heavy atom. The fraction of sp³-hybridized carbons (Fsp3) is 0.111. The Morgan fingerprint density at radius 3 is 2.76 bits per heavy atom. The highest BCUT2D eigenvalue weighted by Crippen LogP contribution is 2.47. The highest BCUT2D eigenvalue weighted by Gasteiger charge is 2.27. The largest absolute Gasteiger partial charge is 0.459 e. The van der Waals surface area contributed by atoms with Crippen molar-refractivity contribution >= 4 is 10.8 Å². The van der Waals surface area contributed by atoms with Crippen molar-refractivity contribution in [2.75, 3.05) is 0 Å². The molecule has 1 N–H and O–H groups in total. The number of hydrogen-bond donors (Lipinski definition) is 1. The maximum atomic E-state index is 13.4. The minimum absolute atomic E-state index is 0.377. The molecule has 1 atom stereocenters. The molecule has 104 valence electrons. The number of aliphatic hydroxyl groups is 1. The second-order valence-corrected chi connectivity index (χ2v) is 5.32. The quantitative estimate of drug-likeness (QED) is 0.664. The van der Waals surface area contributed by atoms with Crippen LogP contribution in [0.1, 0.15) is 17.4 Å². The van der Waals surface area contributed by atoms with E-state index in [1.807, 2.05) is 31.2 Å². The zero-order valence-corrected chi connectivity index (χ0v) is 11.4. The maximum absolute atomic E-state index is 13.4. The molecular formula is C18H13FO2. The van der Waals surface area contributed by atoms with Crippen LogP contribution in [0, 0.1) is 12.7 Å². The van der Waals surface area contributed by atoms with Gasteiger partial charge in [-0.3, -0.25) is 0 Å². The summed E-state index contributed by atoms with van der Waals surface area (Å²) in [5.74, 6) is 0.288. The van der Waals surface area contributed by atoms with Crippen LogP contribution in [-0.4, -0.2) is 5.11 Å². The van der Waals surface area contributed by atoms with E-state index in [-0.39, 0.29) is 5.82 Å². The van der Waals surface area contributed by atoms with E-state index < -0.39 is 6.29 Å². The summed E-state index contributed by atoms with van der Waals surface area (Å²) in [7, 11) is 0. The molecule has 0 radical (unpaired) electrons. The van der Waals surface area contributed by atoms with Gasteiger partial charge in [0.05, 0.1) is 0 Å². The minimum atomic E-state index is -1.14. The van der Waals surface area contributed by atoms with Crippen molar-refractivity contribution in [3.05, 3.63) is 65.5 Å². The van der Waals surface area contributed by atoms with E-state index in [2.05, 4.69) is 6.07 Å². The van der Waals surface area contributed by atoms with E-state index in [0.717, 1.165) is 27.5 Å². The van der Waals surface area contributed by atoms with Crippen molar-refractivity contribution in [3.8, 4) is 16.9 Å². The van der Waals surface area contributed by atoms with Gasteiger partial charge in [0, 0.05) is 16.5 Å². The first-order valence-corrected chi connectivity index (χ1v) is 6.82. The fourth-order valence-corrected chi connectivity index (χ4v) is 3.05. The van der Waals surface area contributed by atoms with Gasteiger partial charge >= 0.3 is 0 Å². The monoisotopic (exact) mass is 280 g/mol. The molecule has 0 saturated carbocycles. The summed E-state index contributed by atoms with van der Waals surface area (Å²) in [5, 5.41) is 12.2. The number of aliphatic hydroxyl groups excluding tert-OH is 1. The average molecular weight is 280 g/mol. The summed E-state index contributed by atoms with van der Waals surface area (Å²) in [6.07, 6.45) is -1.14. The van der Waals surface area contributed by atoms with E-state index in [9.17, 15) is 9.50 Å². The lowest BCUT2D eigenvalue weighted by atomic mass is 9.90. The zero-order valence-electron chi connectivity index (χ0n) is 11.4. The predicted molar refractivity (Wildman–Crippen MR) is 79.7 cm³/mol. The van der Waals surface area contributed by atoms with Crippen molar-refractivity contribution in [3.63, 3.8) is 0 Å². The molecule has 4 rings (SSSR count). The molecule has 3 heteroatoms. The molecule has 0 saturated heterocycles. The number of halogens is 1. The van der Waals surface area contributed by atoms with E-state index in [1.165, 1.54) is 12.1 Å². The van der Waals surface area contributed by atoms with E-state index in [4.69, 9.17) is 4.74 Å². The second-order valence-electron chi connectivity index (χ2n) is 5.32. The summed E-state index contributed by atoms with van der Waals surface area (Å²) >= 11 is 0. The molecule has 3 aromatic rings. The predicted octanol–water partition coefficient (Wildman–Crippen LogP) is 4.34. The molecule has 1 aliphatic heterocycles. The molecule has 0 amide bonds. The topological polar surface area (TPSA) is 29.5 Å². The summed E-state index contributed by atoms with van der Waals surface area (Å²) in [4.78, 5) is 0. The standard InChI is InChI=1S/C18H13FO2/c1-10-8-11-4-2-3-5-13(11)17-16(10)14-7-6-12(19)9-15(14)18(20)21-17/h2-9,18,20H,1H3. The number of rotatable bonds is 0. The van der Waals surface area contributed by atoms with Crippen LogP contribution in [0.3, 0.4) is 0 Å². The van der Waals surface area contributed by atoms with Gasteiger partial charge in [0.1, 0.15) is 11.6 Å². The van der Waals surface area contributed by atoms with Crippen molar-refractivity contribution in [1.82, 2.24) is 0 Å². The van der Waals surface area contributed by atoms with Gasteiger partial charge in [-0.05, 0) is 35.6 Å². The Hall–Kier alpha value is -2.39. The van der Waals surface area contributed by atoms with Gasteiger partial charge < -0.3 is 9.84 Å². The summed E-state index contributed by atoms with van der Waals surface area (Å²) in [6.45, 7) is 2.00. The fourth-order valence-electron chi connectivity index (χ4n) is 3.05. The first-order valence-electron chi connectivity index (χ1n) is 6.82. The maximum Gasteiger partial charge on any atom is 0.225 e. The third kappa shape index (κ3) is 1.74. The summed E-state index contributed by atoms with van der Waals surface area (Å²) in [6, 6.07) is 14.4. The summed E-state index contributed by atoms with van der Waals surface area (Å²) in [5.41, 5.74) is 3.27. The van der Waals surface area contributed by atoms with Crippen LogP contribution < -0.4 is 4.74 Å². The van der Waals surface area contributed by atoms with Crippen LogP contribution in [0.2, 0.25) is 0 Å². The molecule has 0 aromatic heterocycles. The lowest BCUT2D eigenvalue weighted by Gasteiger charge is -2.27. The van der Waals surface area contributed by atoms with Crippen molar-refractivity contribution in [2.45, 2.75) is 13.2 Å². The molecular weight excluding hydrogens is 267 g/mol. The molecule has 21 heavy (non-hydrogen) atoms. The Morgan fingerprint density at radius 2 is 1.90 bits per heavy atom. The van der Waals surface area contributed by atoms with Gasteiger partial charge in [-0.25, -0.2) is 4.39 Å². The zero-order chi connectivity index (χ0) is 14.6. The average Bonchev–Trinajstić information content (AvgIpc) is 2.47. The van der Waals surface area contributed by atoms with Gasteiger partial charge in [-0.1, -0.05) is 36.4 Å². The van der Waals surface area contributed by atoms with Crippen molar-refractivity contribution in [1.29, 1.82) is 0 Å². The Bertz CT molecular complexity index is 870. The van der Waals surface area contributed by atoms with Crippen LogP contribution in [0.4, 0.5) is 4.39 Å². The van der Waals surface area contributed by atoms with Crippen LogP contribution in [0.15, 0.2) is 48.5 Å². The summed E-state index contributed by atoms with van der Waals surface area (Å²) < 4.78 is 19.1. The SMILES string of the molecule is Cc1cc2ccccc2c2c1-c1ccc(F)cc1C(O)O2. The Balaban J connectivity index is 2.12. The van der Waals surface area contributed by atoms with Crippen LogP contribution in [0.25, 0.3) is 21.9 Å². The van der Waals surface area contributed by atoms with E-state index in [0.29, 0.717) is 11.3 Å². The molecule has 3 aromatic carbocycles. The number of hydrogen-bond acceptors (Lipinski definition) is 2. The van der Waals surface area contributed by atoms with Gasteiger partial charge in [-0.2, -0.15) is 0 Å². The smallest absolute Gasteiger partial charge is 0.225 e. The molecule has 2 nitrogen and oxygen atoms in total. The van der Waals surface area contributed by atoms with Crippen LogP contribution in [-0.2, 0) is 0 Å². The lowest BCUT2D eigenvalue weighted by molar-refractivity contribution is -0.0204. The first kappa shape index (κ1) is 12.4. The second kappa shape index (κ2) is 4.30. The molecule has 0 spiro atoms. The minimum Gasteiger partial charge on any atom is -0.459 e. The molecule has 1 heterocycles. The highest BCUT2D eigenvalue weighted by molar-refractivity contribution is 5.98. The van der Waals surface area contributed by atoms with Gasteiger partial charge in [-0.15, -0.1) is 0 Å². The van der Waals surface area contributed by atoms with Crippen LogP contribution in [0.5, 0.6) is 5.75 Å². The van der Waals surface area contributed by atoms with Crippen LogP contribution >= 0.6 is 0 Å². The highest BCUT2D eigenvalue weighted by atomic mass is 19.1. The number of ether oxygens (including phenoxy) is 1. The Labute approximate surface area is 121 Å². The molecule has 0 fully saturated rings. The number of aryl methyl sites for hydroxylation is 1. The normalized spacial score (nSPS) is 16.2. The molecule has 1 aliphatic rings. The molecule has 1 unspecified atom stereocenters. The molecule has 0 bridgehead atoms. The van der Waals surface area contributed by atoms with Crippen molar-refractivity contribution < 1.29 is 14.2 Å². The third-order valence-electron chi connectivity index (χ3n) is 3.98. The van der Waals surface area contributed by atoms with Crippen molar-refractivity contribution in [2.24, 2.45) is 0 Å². The van der Waals surface area contributed by atoms with Gasteiger partial charge in [0.15, 0.2) is 0 Å². The first-order chi connectivity index (χ1) is 10.1. The number of benzene rings is 3. The van der Waals surface area contributed by atoms with Gasteiger partial charge in [0.2, 0.25) is 6.29 Å². The number of fused-ring (bicyclic) bond motifs is 5. The lowest BCUT2D eigenvalue weighted by Crippen LogP contribution is -2.14. The Kier molecular flexibility index (Phi) is 2.53. The van der Waals surface area contributed by atoms with Gasteiger partial charge in [0.25, 0.3) is 0 Å². The molecule has 0 aliphatic carbocycles. The van der Waals surface area contributed by atoms with E-state index >= 15 is 0 Å². The third-order valence-corrected chi connectivity index (χ3v) is 3.98. The van der Waals surface area contributed by atoms with E-state index in [1.54, 1.807) is 6.07 Å².